The van der Waals surface area contributed by atoms with E-state index in [1.165, 1.54) is 0 Å². The van der Waals surface area contributed by atoms with Gasteiger partial charge in [0.25, 0.3) is 0 Å². The minimum Gasteiger partial charge on any atom is -0.329 e. The molecule has 1 fully saturated rings. The second-order valence-corrected chi connectivity index (χ2v) is 6.19. The van der Waals surface area contributed by atoms with Crippen molar-refractivity contribution in [1.29, 1.82) is 0 Å². The van der Waals surface area contributed by atoms with Gasteiger partial charge < -0.3 is 11.1 Å². The summed E-state index contributed by atoms with van der Waals surface area (Å²) in [6.07, 6.45) is 2.87. The van der Waals surface area contributed by atoms with Gasteiger partial charge in [-0.05, 0) is 47.0 Å². The van der Waals surface area contributed by atoms with Crippen LogP contribution < -0.4 is 11.1 Å². The summed E-state index contributed by atoms with van der Waals surface area (Å²) in [5.74, 6) is 0.0325. The number of rotatable bonds is 3. The van der Waals surface area contributed by atoms with Crippen LogP contribution >= 0.6 is 31.9 Å². The van der Waals surface area contributed by atoms with Gasteiger partial charge in [-0.2, -0.15) is 0 Å². The van der Waals surface area contributed by atoms with Gasteiger partial charge in [-0.1, -0.05) is 22.4 Å². The van der Waals surface area contributed by atoms with E-state index in [0.29, 0.717) is 6.54 Å². The number of carbonyl (C=O) groups is 1. The molecule has 17 heavy (non-hydrogen) atoms. The maximum absolute atomic E-state index is 12.2. The lowest BCUT2D eigenvalue weighted by molar-refractivity contribution is -0.129. The maximum Gasteiger partial charge on any atom is 0.231 e. The topological polar surface area (TPSA) is 55.1 Å². The second kappa shape index (κ2) is 5.08. The average Bonchev–Trinajstić information content (AvgIpc) is 2.23. The molecule has 0 radical (unpaired) electrons. The Morgan fingerprint density at radius 1 is 1.41 bits per heavy atom. The standard InChI is InChI=1S/C12H14Br2N2O/c13-8-2-3-9(14)10(6-8)16-11(17)12(7-15)4-1-5-12/h2-3,6H,1,4-5,7,15H2,(H,16,17). The first-order chi connectivity index (χ1) is 8.07. The third-order valence-electron chi connectivity index (χ3n) is 3.36. The molecule has 1 aromatic carbocycles. The first-order valence-corrected chi connectivity index (χ1v) is 7.13. The van der Waals surface area contributed by atoms with Crippen molar-refractivity contribution < 1.29 is 4.79 Å². The van der Waals surface area contributed by atoms with E-state index < -0.39 is 0 Å². The van der Waals surface area contributed by atoms with Crippen molar-refractivity contribution in [2.75, 3.05) is 11.9 Å². The largest absolute Gasteiger partial charge is 0.329 e. The zero-order valence-electron chi connectivity index (χ0n) is 9.30. The van der Waals surface area contributed by atoms with Gasteiger partial charge in [-0.25, -0.2) is 0 Å². The van der Waals surface area contributed by atoms with Gasteiger partial charge in [-0.3, -0.25) is 4.79 Å². The van der Waals surface area contributed by atoms with Crippen LogP contribution in [0.4, 0.5) is 5.69 Å². The number of carbonyl (C=O) groups excluding carboxylic acids is 1. The number of nitrogens with two attached hydrogens (primary N) is 1. The highest BCUT2D eigenvalue weighted by molar-refractivity contribution is 9.11. The third-order valence-corrected chi connectivity index (χ3v) is 4.54. The predicted octanol–water partition coefficient (Wildman–Crippen LogP) is 3.28. The fourth-order valence-electron chi connectivity index (χ4n) is 1.98. The van der Waals surface area contributed by atoms with Crippen LogP contribution in [-0.2, 0) is 4.79 Å². The van der Waals surface area contributed by atoms with Gasteiger partial charge in [0.15, 0.2) is 0 Å². The number of nitrogens with one attached hydrogen (secondary N) is 1. The van der Waals surface area contributed by atoms with E-state index in [1.807, 2.05) is 18.2 Å². The molecule has 1 amide bonds. The first kappa shape index (κ1) is 13.1. The molecule has 0 atom stereocenters. The second-order valence-electron chi connectivity index (χ2n) is 4.42. The molecule has 92 valence electrons. The van der Waals surface area contributed by atoms with Crippen LogP contribution in [0, 0.1) is 5.41 Å². The van der Waals surface area contributed by atoms with Crippen molar-refractivity contribution in [3.63, 3.8) is 0 Å². The number of halogens is 2. The van der Waals surface area contributed by atoms with Gasteiger partial charge >= 0.3 is 0 Å². The number of amides is 1. The van der Waals surface area contributed by atoms with Crippen molar-refractivity contribution >= 4 is 43.5 Å². The molecule has 3 nitrogen and oxygen atoms in total. The van der Waals surface area contributed by atoms with Crippen molar-refractivity contribution in [3.05, 3.63) is 27.1 Å². The third kappa shape index (κ3) is 2.56. The lowest BCUT2D eigenvalue weighted by Gasteiger charge is -2.39. The van der Waals surface area contributed by atoms with E-state index in [1.54, 1.807) is 0 Å². The normalized spacial score (nSPS) is 17.4. The zero-order valence-corrected chi connectivity index (χ0v) is 12.5. The Labute approximate surface area is 117 Å². The summed E-state index contributed by atoms with van der Waals surface area (Å²) < 4.78 is 1.81. The van der Waals surface area contributed by atoms with E-state index >= 15 is 0 Å². The molecule has 0 saturated heterocycles. The predicted molar refractivity (Wildman–Crippen MR) is 75.8 cm³/mol. The van der Waals surface area contributed by atoms with E-state index in [2.05, 4.69) is 37.2 Å². The van der Waals surface area contributed by atoms with Crippen LogP contribution in [-0.4, -0.2) is 12.5 Å². The van der Waals surface area contributed by atoms with E-state index in [9.17, 15) is 4.79 Å². The van der Waals surface area contributed by atoms with Gasteiger partial charge in [0.2, 0.25) is 5.91 Å². The van der Waals surface area contributed by atoms with Gasteiger partial charge in [0, 0.05) is 15.5 Å². The molecule has 0 bridgehead atoms. The lowest BCUT2D eigenvalue weighted by Crippen LogP contribution is -2.47. The van der Waals surface area contributed by atoms with Crippen LogP contribution in [0.5, 0.6) is 0 Å². The summed E-state index contributed by atoms with van der Waals surface area (Å²) in [7, 11) is 0. The SMILES string of the molecule is NCC1(C(=O)Nc2cc(Br)ccc2Br)CCC1. The Balaban J connectivity index is 2.15. The summed E-state index contributed by atoms with van der Waals surface area (Å²) in [5.41, 5.74) is 6.15. The Hall–Kier alpha value is -0.390. The fraction of sp³-hybridized carbons (Fsp3) is 0.417. The lowest BCUT2D eigenvalue weighted by atomic mass is 9.68. The van der Waals surface area contributed by atoms with Gasteiger partial charge in [0.05, 0.1) is 11.1 Å². The van der Waals surface area contributed by atoms with E-state index in [4.69, 9.17) is 5.73 Å². The highest BCUT2D eigenvalue weighted by atomic mass is 79.9. The highest BCUT2D eigenvalue weighted by Crippen LogP contribution is 2.41. The van der Waals surface area contributed by atoms with Crippen molar-refractivity contribution in [2.45, 2.75) is 19.3 Å². The van der Waals surface area contributed by atoms with E-state index in [-0.39, 0.29) is 11.3 Å². The molecule has 2 rings (SSSR count). The number of anilines is 1. The average molecular weight is 362 g/mol. The molecule has 1 aromatic rings. The minimum atomic E-state index is -0.345. The van der Waals surface area contributed by atoms with Crippen molar-refractivity contribution in [2.24, 2.45) is 11.1 Å². The fourth-order valence-corrected chi connectivity index (χ4v) is 2.68. The van der Waals surface area contributed by atoms with Crippen LogP contribution in [0.1, 0.15) is 19.3 Å². The Morgan fingerprint density at radius 3 is 2.65 bits per heavy atom. The Bertz CT molecular complexity index is 439. The summed E-state index contributed by atoms with van der Waals surface area (Å²) in [6, 6.07) is 5.70. The molecule has 1 aliphatic carbocycles. The zero-order chi connectivity index (χ0) is 12.5. The molecule has 0 unspecified atom stereocenters. The van der Waals surface area contributed by atoms with Crippen LogP contribution in [0.3, 0.4) is 0 Å². The molecule has 0 heterocycles. The molecular formula is C12H14Br2N2O. The number of hydrogen-bond acceptors (Lipinski definition) is 2. The summed E-state index contributed by atoms with van der Waals surface area (Å²) in [4.78, 5) is 12.2. The quantitative estimate of drug-likeness (QED) is 0.867. The summed E-state index contributed by atoms with van der Waals surface area (Å²) in [6.45, 7) is 0.421. The molecule has 1 saturated carbocycles. The van der Waals surface area contributed by atoms with Gasteiger partial charge in [0.1, 0.15) is 0 Å². The first-order valence-electron chi connectivity index (χ1n) is 5.54. The molecule has 0 aromatic heterocycles. The Morgan fingerprint density at radius 2 is 2.12 bits per heavy atom. The smallest absolute Gasteiger partial charge is 0.231 e. The summed E-state index contributed by atoms with van der Waals surface area (Å²) in [5, 5.41) is 2.95. The van der Waals surface area contributed by atoms with Crippen LogP contribution in [0.15, 0.2) is 27.1 Å². The molecular weight excluding hydrogens is 348 g/mol. The summed E-state index contributed by atoms with van der Waals surface area (Å²) >= 11 is 6.81. The van der Waals surface area contributed by atoms with Crippen LogP contribution in [0.25, 0.3) is 0 Å². The van der Waals surface area contributed by atoms with Crippen LogP contribution in [0.2, 0.25) is 0 Å². The molecule has 5 heteroatoms. The maximum atomic E-state index is 12.2. The Kier molecular flexibility index (Phi) is 3.90. The molecule has 1 aliphatic rings. The minimum absolute atomic E-state index is 0.0325. The van der Waals surface area contributed by atoms with E-state index in [0.717, 1.165) is 33.9 Å². The molecule has 0 spiro atoms. The van der Waals surface area contributed by atoms with Crippen molar-refractivity contribution in [1.82, 2.24) is 0 Å². The monoisotopic (exact) mass is 360 g/mol. The van der Waals surface area contributed by atoms with Crippen molar-refractivity contribution in [3.8, 4) is 0 Å². The highest BCUT2D eigenvalue weighted by Gasteiger charge is 2.42. The number of hydrogen-bond donors (Lipinski definition) is 2. The number of benzene rings is 1. The van der Waals surface area contributed by atoms with Gasteiger partial charge in [-0.15, -0.1) is 0 Å². The molecule has 3 N–H and O–H groups in total. The molecule has 0 aliphatic heterocycles.